The second-order valence-corrected chi connectivity index (χ2v) is 5.92. The zero-order valence-electron chi connectivity index (χ0n) is 10.6. The van der Waals surface area contributed by atoms with Crippen molar-refractivity contribution >= 4 is 21.5 Å². The minimum Gasteiger partial charge on any atom is -0.359 e. The Bertz CT molecular complexity index is 400. The van der Waals surface area contributed by atoms with Crippen molar-refractivity contribution in [2.75, 3.05) is 5.32 Å². The topological polar surface area (TPSA) is 68.1 Å². The molecule has 0 radical (unpaired) electrons. The van der Waals surface area contributed by atoms with Crippen molar-refractivity contribution in [3.8, 4) is 0 Å². The van der Waals surface area contributed by atoms with Crippen molar-refractivity contribution in [2.24, 2.45) is 5.92 Å². The maximum atomic E-state index is 10.6. The molecule has 0 aromatic carbocycles. The van der Waals surface area contributed by atoms with Gasteiger partial charge in [-0.2, -0.15) is 0 Å². The minimum atomic E-state index is -0.388. The van der Waals surface area contributed by atoms with Crippen LogP contribution in [0.4, 0.5) is 10.1 Å². The quantitative estimate of drug-likeness (QED) is 0.651. The van der Waals surface area contributed by atoms with E-state index in [-0.39, 0.29) is 9.92 Å². The van der Waals surface area contributed by atoms with Crippen LogP contribution in [0.3, 0.4) is 0 Å². The third kappa shape index (κ3) is 3.41. The molecule has 0 amide bonds. The fourth-order valence-electron chi connectivity index (χ4n) is 2.60. The monoisotopic (exact) mass is 269 g/mol. The van der Waals surface area contributed by atoms with Crippen LogP contribution in [0, 0.1) is 16.0 Å². The molecule has 100 valence electrons. The molecule has 0 atom stereocenters. The second kappa shape index (κ2) is 6.13. The lowest BCUT2D eigenvalue weighted by atomic mass is 9.83. The minimum absolute atomic E-state index is 0.108. The second-order valence-electron chi connectivity index (χ2n) is 4.91. The summed E-state index contributed by atoms with van der Waals surface area (Å²) in [6, 6.07) is 0.434. The standard InChI is InChI=1S/C12H19N3O2S/c1-2-3-9-4-6-10(7-5-9)14-12-13-8-11(18-12)15(16)17/h8-10H,2-7H2,1H3,(H,13,14). The molecule has 5 nitrogen and oxygen atoms in total. The lowest BCUT2D eigenvalue weighted by Gasteiger charge is -2.28. The van der Waals surface area contributed by atoms with Gasteiger partial charge in [-0.05, 0) is 42.9 Å². The predicted molar refractivity (Wildman–Crippen MR) is 73.0 cm³/mol. The van der Waals surface area contributed by atoms with Crippen molar-refractivity contribution in [1.82, 2.24) is 4.98 Å². The number of hydrogen-bond donors (Lipinski definition) is 1. The number of hydrogen-bond acceptors (Lipinski definition) is 5. The largest absolute Gasteiger partial charge is 0.359 e. The number of rotatable bonds is 5. The highest BCUT2D eigenvalue weighted by molar-refractivity contribution is 7.18. The summed E-state index contributed by atoms with van der Waals surface area (Å²) >= 11 is 1.12. The van der Waals surface area contributed by atoms with E-state index in [1.807, 2.05) is 0 Å². The van der Waals surface area contributed by atoms with E-state index < -0.39 is 0 Å². The molecule has 1 heterocycles. The van der Waals surface area contributed by atoms with E-state index in [2.05, 4.69) is 17.2 Å². The number of nitrogens with zero attached hydrogens (tertiary/aromatic N) is 2. The summed E-state index contributed by atoms with van der Waals surface area (Å²) < 4.78 is 0. The summed E-state index contributed by atoms with van der Waals surface area (Å²) in [6.45, 7) is 2.24. The fraction of sp³-hybridized carbons (Fsp3) is 0.750. The molecule has 1 aliphatic rings. The van der Waals surface area contributed by atoms with Crippen LogP contribution in [0.1, 0.15) is 45.4 Å². The molecule has 0 bridgehead atoms. The summed E-state index contributed by atoms with van der Waals surface area (Å²) in [6.07, 6.45) is 8.75. The molecule has 1 saturated carbocycles. The Labute approximate surface area is 111 Å². The zero-order valence-corrected chi connectivity index (χ0v) is 11.4. The molecule has 2 rings (SSSR count). The van der Waals surface area contributed by atoms with Gasteiger partial charge < -0.3 is 5.32 Å². The molecule has 18 heavy (non-hydrogen) atoms. The van der Waals surface area contributed by atoms with Gasteiger partial charge in [-0.15, -0.1) is 0 Å². The molecule has 1 aromatic rings. The summed E-state index contributed by atoms with van der Waals surface area (Å²) in [5.41, 5.74) is 0. The van der Waals surface area contributed by atoms with Crippen LogP contribution in [-0.2, 0) is 0 Å². The van der Waals surface area contributed by atoms with Gasteiger partial charge in [-0.25, -0.2) is 4.98 Å². The summed E-state index contributed by atoms with van der Waals surface area (Å²) in [5, 5.41) is 14.7. The Hall–Kier alpha value is -1.17. The first-order valence-corrected chi connectivity index (χ1v) is 7.37. The van der Waals surface area contributed by atoms with Crippen molar-refractivity contribution in [1.29, 1.82) is 0 Å². The molecule has 0 aliphatic heterocycles. The Morgan fingerprint density at radius 3 is 2.78 bits per heavy atom. The molecule has 1 aromatic heterocycles. The average molecular weight is 269 g/mol. The predicted octanol–water partition coefficient (Wildman–Crippen LogP) is 3.82. The van der Waals surface area contributed by atoms with Gasteiger partial charge >= 0.3 is 5.00 Å². The fourth-order valence-corrected chi connectivity index (χ4v) is 3.30. The van der Waals surface area contributed by atoms with E-state index in [4.69, 9.17) is 0 Å². The van der Waals surface area contributed by atoms with Gasteiger partial charge in [0.25, 0.3) is 0 Å². The van der Waals surface area contributed by atoms with E-state index in [0.717, 1.165) is 30.1 Å². The van der Waals surface area contributed by atoms with Gasteiger partial charge in [0.15, 0.2) is 5.13 Å². The first-order chi connectivity index (χ1) is 8.69. The summed E-state index contributed by atoms with van der Waals surface area (Å²) in [7, 11) is 0. The van der Waals surface area contributed by atoms with Gasteiger partial charge in [-0.1, -0.05) is 19.8 Å². The van der Waals surface area contributed by atoms with Crippen LogP contribution < -0.4 is 5.32 Å². The third-order valence-electron chi connectivity index (χ3n) is 3.54. The van der Waals surface area contributed by atoms with Crippen molar-refractivity contribution in [3.05, 3.63) is 16.3 Å². The highest BCUT2D eigenvalue weighted by Crippen LogP contribution is 2.31. The third-order valence-corrected chi connectivity index (χ3v) is 4.42. The highest BCUT2D eigenvalue weighted by atomic mass is 32.1. The maximum absolute atomic E-state index is 10.6. The lowest BCUT2D eigenvalue weighted by Crippen LogP contribution is -2.25. The molecule has 1 N–H and O–H groups in total. The van der Waals surface area contributed by atoms with Crippen molar-refractivity contribution < 1.29 is 4.92 Å². The number of anilines is 1. The van der Waals surface area contributed by atoms with Gasteiger partial charge in [0.05, 0.1) is 4.92 Å². The Morgan fingerprint density at radius 2 is 2.22 bits per heavy atom. The van der Waals surface area contributed by atoms with Crippen LogP contribution in [-0.4, -0.2) is 15.9 Å². The first-order valence-electron chi connectivity index (χ1n) is 6.55. The van der Waals surface area contributed by atoms with Crippen LogP contribution in [0.5, 0.6) is 0 Å². The molecular weight excluding hydrogens is 250 g/mol. The molecule has 0 saturated heterocycles. The smallest absolute Gasteiger partial charge is 0.345 e. The average Bonchev–Trinajstić information content (AvgIpc) is 2.81. The van der Waals surface area contributed by atoms with Crippen LogP contribution in [0.15, 0.2) is 6.20 Å². The summed E-state index contributed by atoms with van der Waals surface area (Å²) in [5.74, 6) is 0.874. The Kier molecular flexibility index (Phi) is 4.52. The Morgan fingerprint density at radius 1 is 1.50 bits per heavy atom. The van der Waals surface area contributed by atoms with Gasteiger partial charge in [0, 0.05) is 6.04 Å². The van der Waals surface area contributed by atoms with E-state index in [0.29, 0.717) is 11.2 Å². The van der Waals surface area contributed by atoms with Gasteiger partial charge in [0.1, 0.15) is 6.20 Å². The number of nitro groups is 1. The normalized spacial score (nSPS) is 23.8. The first kappa shape index (κ1) is 13.3. The maximum Gasteiger partial charge on any atom is 0.345 e. The van der Waals surface area contributed by atoms with Crippen LogP contribution in [0.2, 0.25) is 0 Å². The number of nitrogens with one attached hydrogen (secondary N) is 1. The number of thiazole rings is 1. The highest BCUT2D eigenvalue weighted by Gasteiger charge is 2.22. The lowest BCUT2D eigenvalue weighted by molar-refractivity contribution is -0.380. The van der Waals surface area contributed by atoms with Gasteiger partial charge in [-0.3, -0.25) is 10.1 Å². The molecule has 6 heteroatoms. The van der Waals surface area contributed by atoms with E-state index >= 15 is 0 Å². The van der Waals surface area contributed by atoms with E-state index in [1.54, 1.807) is 0 Å². The molecule has 0 unspecified atom stereocenters. The van der Waals surface area contributed by atoms with Gasteiger partial charge in [0.2, 0.25) is 0 Å². The molecule has 1 fully saturated rings. The van der Waals surface area contributed by atoms with E-state index in [1.165, 1.54) is 31.9 Å². The SMILES string of the molecule is CCCC1CCC(Nc2ncc([N+](=O)[O-])s2)CC1. The Balaban J connectivity index is 1.82. The van der Waals surface area contributed by atoms with Crippen molar-refractivity contribution in [2.45, 2.75) is 51.5 Å². The van der Waals surface area contributed by atoms with Crippen LogP contribution in [0.25, 0.3) is 0 Å². The number of aromatic nitrogens is 1. The molecule has 0 spiro atoms. The zero-order chi connectivity index (χ0) is 13.0. The molecular formula is C12H19N3O2S. The summed E-state index contributed by atoms with van der Waals surface area (Å²) in [4.78, 5) is 14.2. The molecule has 1 aliphatic carbocycles. The van der Waals surface area contributed by atoms with Crippen LogP contribution >= 0.6 is 11.3 Å². The van der Waals surface area contributed by atoms with Crippen molar-refractivity contribution in [3.63, 3.8) is 0 Å². The van der Waals surface area contributed by atoms with E-state index in [9.17, 15) is 10.1 Å².